The third kappa shape index (κ3) is 6.15. The summed E-state index contributed by atoms with van der Waals surface area (Å²) in [5, 5.41) is 3.31. The lowest BCUT2D eigenvalue weighted by atomic mass is 9.90. The summed E-state index contributed by atoms with van der Waals surface area (Å²) in [6.07, 6.45) is 4.75. The van der Waals surface area contributed by atoms with Crippen LogP contribution in [0.4, 0.5) is 0 Å². The minimum absolute atomic E-state index is 0.243. The van der Waals surface area contributed by atoms with Crippen LogP contribution < -0.4 is 15.1 Å². The molecule has 0 spiro atoms. The monoisotopic (exact) mass is 393 g/mol. The number of hydrogen-bond acceptors (Lipinski definition) is 1. The number of hydrogen-bond donors (Lipinski definition) is 3. The van der Waals surface area contributed by atoms with E-state index in [1.54, 1.807) is 4.90 Å². The van der Waals surface area contributed by atoms with E-state index in [0.29, 0.717) is 12.6 Å². The molecule has 4 rings (SSSR count). The molecule has 2 aromatic carbocycles. The molecule has 0 radical (unpaired) electrons. The van der Waals surface area contributed by atoms with Gasteiger partial charge in [0.05, 0.1) is 32.2 Å². The lowest BCUT2D eigenvalue weighted by Gasteiger charge is -2.29. The number of piperidine rings is 1. The van der Waals surface area contributed by atoms with E-state index in [1.165, 1.54) is 35.3 Å². The van der Waals surface area contributed by atoms with E-state index in [1.807, 2.05) is 0 Å². The molecule has 0 bridgehead atoms. The Hall–Kier alpha value is -2.17. The molecule has 2 atom stereocenters. The Morgan fingerprint density at radius 1 is 0.828 bits per heavy atom. The highest BCUT2D eigenvalue weighted by molar-refractivity contribution is 5.77. The van der Waals surface area contributed by atoms with Crippen LogP contribution in [0.25, 0.3) is 0 Å². The smallest absolute Gasteiger partial charge is 0.275 e. The van der Waals surface area contributed by atoms with E-state index >= 15 is 0 Å². The van der Waals surface area contributed by atoms with Crippen molar-refractivity contribution in [3.05, 3.63) is 71.8 Å². The fourth-order valence-corrected chi connectivity index (χ4v) is 5.02. The number of quaternary nitrogens is 2. The van der Waals surface area contributed by atoms with Gasteiger partial charge in [-0.3, -0.25) is 4.79 Å². The van der Waals surface area contributed by atoms with Gasteiger partial charge in [0.25, 0.3) is 5.91 Å². The zero-order valence-electron chi connectivity index (χ0n) is 17.4. The molecule has 2 saturated heterocycles. The number of likely N-dealkylation sites (tertiary alicyclic amines) is 2. The summed E-state index contributed by atoms with van der Waals surface area (Å²) in [6.45, 7) is 6.16. The van der Waals surface area contributed by atoms with Crippen LogP contribution in [0.3, 0.4) is 0 Å². The van der Waals surface area contributed by atoms with E-state index in [9.17, 15) is 4.79 Å². The van der Waals surface area contributed by atoms with Crippen LogP contribution in [0.15, 0.2) is 60.7 Å². The molecular weight excluding hydrogens is 358 g/mol. The van der Waals surface area contributed by atoms with Crippen LogP contribution in [-0.4, -0.2) is 44.7 Å². The standard InChI is InChI=1S/C25H33N3O/c29-25(26-24-13-16-28(19-24)18-23-9-5-2-6-10-23)20-27-14-11-22(12-15-27)17-21-7-3-1-4-8-21/h1-10,22,24H,11-20H2,(H,26,29)/p+2/t24-/m1/s1. The quantitative estimate of drug-likeness (QED) is 0.630. The Morgan fingerprint density at radius 2 is 1.45 bits per heavy atom. The molecule has 0 aromatic heterocycles. The summed E-state index contributed by atoms with van der Waals surface area (Å²) in [4.78, 5) is 15.6. The zero-order chi connectivity index (χ0) is 19.9. The first kappa shape index (κ1) is 20.1. The second-order valence-electron chi connectivity index (χ2n) is 8.98. The highest BCUT2D eigenvalue weighted by Gasteiger charge is 2.29. The summed E-state index contributed by atoms with van der Waals surface area (Å²) < 4.78 is 0. The molecule has 0 saturated carbocycles. The van der Waals surface area contributed by atoms with Gasteiger partial charge < -0.3 is 15.1 Å². The topological polar surface area (TPSA) is 38.0 Å². The van der Waals surface area contributed by atoms with Crippen LogP contribution in [0, 0.1) is 5.92 Å². The van der Waals surface area contributed by atoms with Gasteiger partial charge in [0.1, 0.15) is 6.54 Å². The highest BCUT2D eigenvalue weighted by atomic mass is 16.2. The predicted octanol–water partition coefficient (Wildman–Crippen LogP) is 0.498. The number of rotatable bonds is 7. The minimum Gasteiger partial charge on any atom is -0.343 e. The normalized spacial score (nSPS) is 26.9. The molecule has 1 unspecified atom stereocenters. The summed E-state index contributed by atoms with van der Waals surface area (Å²) >= 11 is 0. The molecule has 4 nitrogen and oxygen atoms in total. The second-order valence-corrected chi connectivity index (χ2v) is 8.98. The van der Waals surface area contributed by atoms with Gasteiger partial charge in [-0.2, -0.15) is 0 Å². The predicted molar refractivity (Wildman–Crippen MR) is 116 cm³/mol. The summed E-state index contributed by atoms with van der Waals surface area (Å²) in [7, 11) is 0. The van der Waals surface area contributed by atoms with Gasteiger partial charge in [-0.25, -0.2) is 0 Å². The van der Waals surface area contributed by atoms with Crippen molar-refractivity contribution in [2.75, 3.05) is 32.7 Å². The molecule has 2 heterocycles. The van der Waals surface area contributed by atoms with Gasteiger partial charge in [-0.1, -0.05) is 60.7 Å². The Morgan fingerprint density at radius 3 is 2.14 bits per heavy atom. The summed E-state index contributed by atoms with van der Waals surface area (Å²) in [5.41, 5.74) is 2.83. The lowest BCUT2D eigenvalue weighted by Crippen LogP contribution is -3.14. The molecule has 3 N–H and O–H groups in total. The maximum Gasteiger partial charge on any atom is 0.275 e. The Kier molecular flexibility index (Phi) is 6.96. The van der Waals surface area contributed by atoms with E-state index in [4.69, 9.17) is 0 Å². The summed E-state index contributed by atoms with van der Waals surface area (Å²) in [5.74, 6) is 1.02. The molecule has 4 heteroatoms. The number of nitrogens with one attached hydrogen (secondary N) is 3. The van der Waals surface area contributed by atoms with Gasteiger partial charge in [0.2, 0.25) is 0 Å². The zero-order valence-corrected chi connectivity index (χ0v) is 17.4. The average molecular weight is 394 g/mol. The number of benzene rings is 2. The van der Waals surface area contributed by atoms with Crippen molar-refractivity contribution in [1.29, 1.82) is 0 Å². The number of carbonyl (C=O) groups excluding carboxylic acids is 1. The maximum atomic E-state index is 12.6. The van der Waals surface area contributed by atoms with E-state index in [2.05, 4.69) is 66.0 Å². The first-order valence-electron chi connectivity index (χ1n) is 11.3. The van der Waals surface area contributed by atoms with Gasteiger partial charge in [0, 0.05) is 12.0 Å². The van der Waals surface area contributed by atoms with Crippen molar-refractivity contribution < 1.29 is 14.6 Å². The summed E-state index contributed by atoms with van der Waals surface area (Å²) in [6, 6.07) is 21.8. The van der Waals surface area contributed by atoms with Gasteiger partial charge in [-0.15, -0.1) is 0 Å². The molecule has 0 aliphatic carbocycles. The first-order chi connectivity index (χ1) is 14.2. The molecule has 154 valence electrons. The van der Waals surface area contributed by atoms with Gasteiger partial charge in [0.15, 0.2) is 6.54 Å². The number of amides is 1. The van der Waals surface area contributed by atoms with Crippen LogP contribution >= 0.6 is 0 Å². The van der Waals surface area contributed by atoms with Gasteiger partial charge in [-0.05, 0) is 30.7 Å². The first-order valence-corrected chi connectivity index (χ1v) is 11.3. The minimum atomic E-state index is 0.243. The largest absolute Gasteiger partial charge is 0.343 e. The van der Waals surface area contributed by atoms with Crippen LogP contribution in [0.2, 0.25) is 0 Å². The molecule has 1 amide bonds. The third-order valence-corrected chi connectivity index (χ3v) is 6.63. The molecular formula is C25H35N3O+2. The molecule has 2 aliphatic heterocycles. The molecule has 29 heavy (non-hydrogen) atoms. The highest BCUT2D eigenvalue weighted by Crippen LogP contribution is 2.16. The van der Waals surface area contributed by atoms with E-state index < -0.39 is 0 Å². The maximum absolute atomic E-state index is 12.6. The van der Waals surface area contributed by atoms with Crippen LogP contribution in [-0.2, 0) is 17.8 Å². The van der Waals surface area contributed by atoms with Crippen molar-refractivity contribution >= 4 is 5.91 Å². The average Bonchev–Trinajstić information content (AvgIpc) is 3.17. The van der Waals surface area contributed by atoms with Crippen molar-refractivity contribution in [2.24, 2.45) is 5.92 Å². The fraction of sp³-hybridized carbons (Fsp3) is 0.480. The van der Waals surface area contributed by atoms with Gasteiger partial charge >= 0.3 is 0 Å². The fourth-order valence-electron chi connectivity index (χ4n) is 5.02. The van der Waals surface area contributed by atoms with Crippen LogP contribution in [0.1, 0.15) is 30.4 Å². The van der Waals surface area contributed by atoms with Crippen molar-refractivity contribution in [2.45, 2.75) is 38.3 Å². The Labute approximate surface area is 174 Å². The molecule has 2 aliphatic rings. The van der Waals surface area contributed by atoms with Crippen molar-refractivity contribution in [3.63, 3.8) is 0 Å². The third-order valence-electron chi connectivity index (χ3n) is 6.63. The Balaban J connectivity index is 1.14. The Bertz CT molecular complexity index is 756. The number of carbonyl (C=O) groups is 1. The molecule has 2 fully saturated rings. The lowest BCUT2D eigenvalue weighted by molar-refractivity contribution is -0.902. The van der Waals surface area contributed by atoms with Crippen molar-refractivity contribution in [3.8, 4) is 0 Å². The second kappa shape index (κ2) is 10.0. The molecule has 2 aromatic rings. The SMILES string of the molecule is O=C(C[NH+]1CCC(Cc2ccccc2)CC1)N[C@@H]1CC[NH+](Cc2ccccc2)C1. The van der Waals surface area contributed by atoms with E-state index in [0.717, 1.165) is 45.1 Å². The van der Waals surface area contributed by atoms with Crippen LogP contribution in [0.5, 0.6) is 0 Å². The van der Waals surface area contributed by atoms with Crippen molar-refractivity contribution in [1.82, 2.24) is 5.32 Å². The van der Waals surface area contributed by atoms with E-state index in [-0.39, 0.29) is 5.91 Å².